The van der Waals surface area contributed by atoms with Gasteiger partial charge in [0.1, 0.15) is 0 Å². The maximum absolute atomic E-state index is 12.5. The molecule has 0 heterocycles. The molecule has 0 spiro atoms. The Morgan fingerprint density at radius 3 is 0.971 bits per heavy atom. The van der Waals surface area contributed by atoms with Crippen LogP contribution in [0.1, 0.15) is 284 Å². The predicted octanol–water partition coefficient (Wildman–Crippen LogP) is 19.7. The Bertz CT molecular complexity index is 1250. The van der Waals surface area contributed by atoms with E-state index in [0.29, 0.717) is 6.42 Å². The zero-order chi connectivity index (χ0) is 49.2. The number of aliphatic hydroxyl groups excluding tert-OH is 2. The van der Waals surface area contributed by atoms with Crippen molar-refractivity contribution < 1.29 is 15.0 Å². The number of hydrogen-bond acceptors (Lipinski definition) is 3. The van der Waals surface area contributed by atoms with E-state index in [9.17, 15) is 15.0 Å². The zero-order valence-corrected chi connectivity index (χ0v) is 45.1. The standard InChI is InChI=1S/C64H113NO3/c1-3-5-7-9-11-13-15-17-19-21-23-25-27-29-30-31-32-33-34-36-38-40-42-44-46-48-50-52-54-56-58-60-64(68)65-62(61-66)63(67)59-57-55-53-51-49-47-45-43-41-39-37-35-28-26-24-22-20-18-16-14-12-10-8-6-4-2/h5,7,11,13,17,19,23,25,29-30,32-33,36,38,57,59,62-63,66-67H,3-4,6,8-10,12,14-16,18,20-22,24,26-28,31,34-35,37,39-56,58,60-61H2,1-2H3,(H,65,68)/b7-5-,13-11-,19-17-,25-23-,30-29-,33-32-,38-36-,59-57+. The molecular formula is C64H113NO3. The third kappa shape index (κ3) is 54.3. The first-order valence-corrected chi connectivity index (χ1v) is 29.5. The number of rotatable bonds is 53. The number of allylic oxidation sites excluding steroid dienone is 15. The highest BCUT2D eigenvalue weighted by Gasteiger charge is 2.18. The summed E-state index contributed by atoms with van der Waals surface area (Å²) < 4.78 is 0. The summed E-state index contributed by atoms with van der Waals surface area (Å²) >= 11 is 0. The van der Waals surface area contributed by atoms with E-state index >= 15 is 0 Å². The van der Waals surface area contributed by atoms with Crippen LogP contribution in [0.25, 0.3) is 0 Å². The highest BCUT2D eigenvalue weighted by molar-refractivity contribution is 5.76. The van der Waals surface area contributed by atoms with Crippen molar-refractivity contribution in [2.24, 2.45) is 0 Å². The summed E-state index contributed by atoms with van der Waals surface area (Å²) in [5.41, 5.74) is 0. The van der Waals surface area contributed by atoms with Crippen molar-refractivity contribution in [3.8, 4) is 0 Å². The molecule has 0 bridgehead atoms. The number of hydrogen-bond donors (Lipinski definition) is 3. The molecule has 0 saturated carbocycles. The third-order valence-corrected chi connectivity index (χ3v) is 13.1. The lowest BCUT2D eigenvalue weighted by Crippen LogP contribution is -2.45. The van der Waals surface area contributed by atoms with E-state index in [1.54, 1.807) is 6.08 Å². The van der Waals surface area contributed by atoms with Crippen LogP contribution >= 0.6 is 0 Å². The van der Waals surface area contributed by atoms with Crippen molar-refractivity contribution in [3.63, 3.8) is 0 Å². The quantitative estimate of drug-likeness (QED) is 0.0420. The summed E-state index contributed by atoms with van der Waals surface area (Å²) in [5.74, 6) is -0.0716. The summed E-state index contributed by atoms with van der Waals surface area (Å²) in [6.45, 7) is 4.21. The molecule has 68 heavy (non-hydrogen) atoms. The number of aliphatic hydroxyl groups is 2. The molecule has 2 atom stereocenters. The van der Waals surface area contributed by atoms with Gasteiger partial charge in [0.25, 0.3) is 0 Å². The van der Waals surface area contributed by atoms with Crippen molar-refractivity contribution in [2.45, 2.75) is 296 Å². The van der Waals surface area contributed by atoms with Gasteiger partial charge in [-0.05, 0) is 77.0 Å². The molecule has 0 aromatic carbocycles. The van der Waals surface area contributed by atoms with Crippen LogP contribution in [0.2, 0.25) is 0 Å². The Kier molecular flexibility index (Phi) is 56.3. The number of amides is 1. The van der Waals surface area contributed by atoms with Gasteiger partial charge in [0.15, 0.2) is 0 Å². The molecule has 0 aliphatic carbocycles. The van der Waals surface area contributed by atoms with Crippen molar-refractivity contribution in [1.29, 1.82) is 0 Å². The lowest BCUT2D eigenvalue weighted by atomic mass is 10.0. The largest absolute Gasteiger partial charge is 0.394 e. The molecule has 0 aliphatic rings. The minimum Gasteiger partial charge on any atom is -0.394 e. The fraction of sp³-hybridized carbons (Fsp3) is 0.734. The molecule has 4 heteroatoms. The molecule has 0 rings (SSSR count). The van der Waals surface area contributed by atoms with Gasteiger partial charge in [-0.1, -0.05) is 297 Å². The Balaban J connectivity index is 3.56. The van der Waals surface area contributed by atoms with Gasteiger partial charge in [-0.25, -0.2) is 0 Å². The first-order chi connectivity index (χ1) is 33.7. The average Bonchev–Trinajstić information content (AvgIpc) is 3.34. The molecule has 2 unspecified atom stereocenters. The summed E-state index contributed by atoms with van der Waals surface area (Å²) in [5, 5.41) is 23.2. The second kappa shape index (κ2) is 58.6. The molecule has 0 aromatic heterocycles. The van der Waals surface area contributed by atoms with E-state index in [1.807, 2.05) is 6.08 Å². The number of carbonyl (C=O) groups is 1. The lowest BCUT2D eigenvalue weighted by molar-refractivity contribution is -0.123. The van der Waals surface area contributed by atoms with Crippen LogP contribution in [0.5, 0.6) is 0 Å². The molecule has 1 amide bonds. The molecule has 392 valence electrons. The van der Waals surface area contributed by atoms with E-state index in [1.165, 1.54) is 193 Å². The normalized spacial score (nSPS) is 13.5. The predicted molar refractivity (Wildman–Crippen MR) is 303 cm³/mol. The number of carbonyl (C=O) groups excluding carboxylic acids is 1. The Hall–Kier alpha value is -2.69. The van der Waals surface area contributed by atoms with E-state index < -0.39 is 12.1 Å². The maximum atomic E-state index is 12.5. The molecular weight excluding hydrogens is 831 g/mol. The van der Waals surface area contributed by atoms with Gasteiger partial charge in [0, 0.05) is 6.42 Å². The monoisotopic (exact) mass is 944 g/mol. The third-order valence-electron chi connectivity index (χ3n) is 13.1. The Morgan fingerprint density at radius 1 is 0.368 bits per heavy atom. The second-order valence-electron chi connectivity index (χ2n) is 19.7. The number of unbranched alkanes of at least 4 members (excludes halogenated alkanes) is 32. The van der Waals surface area contributed by atoms with Gasteiger partial charge in [0.05, 0.1) is 18.8 Å². The molecule has 4 nitrogen and oxygen atoms in total. The summed E-state index contributed by atoms with van der Waals surface area (Å²) in [6, 6.07) is -0.633. The lowest BCUT2D eigenvalue weighted by Gasteiger charge is -2.20. The second-order valence-corrected chi connectivity index (χ2v) is 19.7. The first-order valence-electron chi connectivity index (χ1n) is 29.5. The highest BCUT2D eigenvalue weighted by atomic mass is 16.3. The van der Waals surface area contributed by atoms with E-state index in [-0.39, 0.29) is 12.5 Å². The van der Waals surface area contributed by atoms with Crippen LogP contribution in [0.3, 0.4) is 0 Å². The van der Waals surface area contributed by atoms with Crippen LogP contribution in [0.15, 0.2) is 97.2 Å². The van der Waals surface area contributed by atoms with Gasteiger partial charge >= 0.3 is 0 Å². The fourth-order valence-corrected chi connectivity index (χ4v) is 8.63. The molecule has 0 saturated heterocycles. The van der Waals surface area contributed by atoms with Crippen LogP contribution < -0.4 is 5.32 Å². The van der Waals surface area contributed by atoms with E-state index in [4.69, 9.17) is 0 Å². The first kappa shape index (κ1) is 65.3. The molecule has 0 fully saturated rings. The summed E-state index contributed by atoms with van der Waals surface area (Å²) in [4.78, 5) is 12.5. The smallest absolute Gasteiger partial charge is 0.220 e. The van der Waals surface area contributed by atoms with Gasteiger partial charge in [-0.2, -0.15) is 0 Å². The van der Waals surface area contributed by atoms with Gasteiger partial charge < -0.3 is 15.5 Å². The maximum Gasteiger partial charge on any atom is 0.220 e. The summed E-state index contributed by atoms with van der Waals surface area (Å²) in [7, 11) is 0. The molecule has 3 N–H and O–H groups in total. The van der Waals surface area contributed by atoms with Gasteiger partial charge in [-0.3, -0.25) is 4.79 Å². The Morgan fingerprint density at radius 2 is 0.647 bits per heavy atom. The minimum atomic E-state index is -0.849. The van der Waals surface area contributed by atoms with Crippen molar-refractivity contribution in [1.82, 2.24) is 5.32 Å². The van der Waals surface area contributed by atoms with Crippen LogP contribution in [0, 0.1) is 0 Å². The SMILES string of the molecule is CC/C=C\C/C=C\C/C=C\C/C=C\C/C=C\C/C=C\C/C=C\CCCCCCCCCCCC(=O)NC(CO)C(O)/C=C/CCCCCCCCCCCCCCCCCCCCCCCCC. The summed E-state index contributed by atoms with van der Waals surface area (Å²) in [6.07, 6.45) is 87.1. The average molecular weight is 945 g/mol. The Labute approximate surface area is 424 Å². The van der Waals surface area contributed by atoms with Gasteiger partial charge in [-0.15, -0.1) is 0 Å². The fourth-order valence-electron chi connectivity index (χ4n) is 8.63. The number of nitrogens with one attached hydrogen (secondary N) is 1. The van der Waals surface area contributed by atoms with Crippen LogP contribution in [0.4, 0.5) is 0 Å². The minimum absolute atomic E-state index is 0.0716. The van der Waals surface area contributed by atoms with Crippen molar-refractivity contribution >= 4 is 5.91 Å². The van der Waals surface area contributed by atoms with E-state index in [0.717, 1.165) is 70.6 Å². The molecule has 0 aliphatic heterocycles. The van der Waals surface area contributed by atoms with Crippen molar-refractivity contribution in [2.75, 3.05) is 6.61 Å². The van der Waals surface area contributed by atoms with E-state index in [2.05, 4.69) is 104 Å². The highest BCUT2D eigenvalue weighted by Crippen LogP contribution is 2.17. The molecule has 0 radical (unpaired) electrons. The van der Waals surface area contributed by atoms with Crippen LogP contribution in [-0.4, -0.2) is 34.9 Å². The zero-order valence-electron chi connectivity index (χ0n) is 45.1. The van der Waals surface area contributed by atoms with Crippen LogP contribution in [-0.2, 0) is 4.79 Å². The van der Waals surface area contributed by atoms with Crippen molar-refractivity contribution in [3.05, 3.63) is 97.2 Å². The topological polar surface area (TPSA) is 69.6 Å². The molecule has 0 aromatic rings. The van der Waals surface area contributed by atoms with Gasteiger partial charge in [0.2, 0.25) is 5.91 Å².